The van der Waals surface area contributed by atoms with Crippen molar-refractivity contribution in [1.29, 1.82) is 0 Å². The van der Waals surface area contributed by atoms with Crippen molar-refractivity contribution in [2.45, 2.75) is 39.5 Å². The van der Waals surface area contributed by atoms with Gasteiger partial charge in [-0.25, -0.2) is 4.98 Å². The van der Waals surface area contributed by atoms with Crippen LogP contribution in [0.2, 0.25) is 0 Å². The average Bonchev–Trinajstić information content (AvgIpc) is 2.53. The summed E-state index contributed by atoms with van der Waals surface area (Å²) >= 11 is 1.75. The maximum atomic E-state index is 5.76. The van der Waals surface area contributed by atoms with E-state index in [1.54, 1.807) is 11.3 Å². The van der Waals surface area contributed by atoms with Gasteiger partial charge in [-0.2, -0.15) is 0 Å². The standard InChI is InChI=1S/C11H20N2S/c1-7(2)9(5-12)11-13-10(6-14-11)8(3)4/h6-9H,5,12H2,1-4H3. The zero-order valence-electron chi connectivity index (χ0n) is 9.45. The first-order chi connectivity index (χ1) is 6.56. The Hall–Kier alpha value is -0.410. The predicted molar refractivity (Wildman–Crippen MR) is 62.8 cm³/mol. The lowest BCUT2D eigenvalue weighted by molar-refractivity contribution is 0.503. The van der Waals surface area contributed by atoms with Gasteiger partial charge in [-0.05, 0) is 11.8 Å². The Morgan fingerprint density at radius 3 is 2.36 bits per heavy atom. The van der Waals surface area contributed by atoms with Crippen LogP contribution >= 0.6 is 11.3 Å². The minimum absolute atomic E-state index is 0.424. The van der Waals surface area contributed by atoms with Crippen molar-refractivity contribution in [2.24, 2.45) is 11.7 Å². The smallest absolute Gasteiger partial charge is 0.0974 e. The van der Waals surface area contributed by atoms with Crippen LogP contribution in [-0.4, -0.2) is 11.5 Å². The Morgan fingerprint density at radius 2 is 2.00 bits per heavy atom. The largest absolute Gasteiger partial charge is 0.330 e. The normalized spacial score (nSPS) is 13.9. The second kappa shape index (κ2) is 4.89. The zero-order chi connectivity index (χ0) is 10.7. The molecule has 0 radical (unpaired) electrons. The molecule has 0 aromatic carbocycles. The highest BCUT2D eigenvalue weighted by atomic mass is 32.1. The van der Waals surface area contributed by atoms with E-state index in [4.69, 9.17) is 5.73 Å². The van der Waals surface area contributed by atoms with Gasteiger partial charge in [0.15, 0.2) is 0 Å². The van der Waals surface area contributed by atoms with Crippen molar-refractivity contribution in [3.05, 3.63) is 16.1 Å². The number of aromatic nitrogens is 1. The van der Waals surface area contributed by atoms with Gasteiger partial charge in [-0.1, -0.05) is 27.7 Å². The SMILES string of the molecule is CC(C)c1csc(C(CN)C(C)C)n1. The first-order valence-corrected chi connectivity index (χ1v) is 6.09. The highest BCUT2D eigenvalue weighted by molar-refractivity contribution is 7.09. The number of hydrogen-bond acceptors (Lipinski definition) is 3. The second-order valence-corrected chi connectivity index (χ2v) is 5.24. The molecule has 1 heterocycles. The highest BCUT2D eigenvalue weighted by Crippen LogP contribution is 2.28. The molecule has 14 heavy (non-hydrogen) atoms. The van der Waals surface area contributed by atoms with E-state index in [1.807, 2.05) is 0 Å². The van der Waals surface area contributed by atoms with Crippen LogP contribution in [0.25, 0.3) is 0 Å². The van der Waals surface area contributed by atoms with E-state index in [-0.39, 0.29) is 0 Å². The molecule has 0 spiro atoms. The van der Waals surface area contributed by atoms with Crippen LogP contribution in [0.1, 0.15) is 50.2 Å². The van der Waals surface area contributed by atoms with E-state index in [0.29, 0.717) is 24.3 Å². The summed E-state index contributed by atoms with van der Waals surface area (Å²) < 4.78 is 0. The molecule has 0 aliphatic rings. The number of hydrogen-bond donors (Lipinski definition) is 1. The Morgan fingerprint density at radius 1 is 1.36 bits per heavy atom. The third-order valence-electron chi connectivity index (χ3n) is 2.51. The van der Waals surface area contributed by atoms with Crippen molar-refractivity contribution in [3.8, 4) is 0 Å². The van der Waals surface area contributed by atoms with Crippen LogP contribution in [0.15, 0.2) is 5.38 Å². The first kappa shape index (κ1) is 11.7. The summed E-state index contributed by atoms with van der Waals surface area (Å²) in [4.78, 5) is 4.64. The molecule has 0 bridgehead atoms. The molecule has 1 aromatic heterocycles. The fourth-order valence-corrected chi connectivity index (χ4v) is 2.66. The molecule has 0 aliphatic heterocycles. The molecule has 3 heteroatoms. The van der Waals surface area contributed by atoms with E-state index < -0.39 is 0 Å². The molecule has 0 fully saturated rings. The molecule has 1 unspecified atom stereocenters. The Kier molecular flexibility index (Phi) is 4.08. The lowest BCUT2D eigenvalue weighted by atomic mass is 9.97. The van der Waals surface area contributed by atoms with Crippen LogP contribution in [-0.2, 0) is 0 Å². The Balaban J connectivity index is 2.84. The first-order valence-electron chi connectivity index (χ1n) is 5.21. The van der Waals surface area contributed by atoms with Crippen LogP contribution in [0.4, 0.5) is 0 Å². The van der Waals surface area contributed by atoms with Gasteiger partial charge in [-0.3, -0.25) is 0 Å². The lowest BCUT2D eigenvalue weighted by Gasteiger charge is -2.15. The quantitative estimate of drug-likeness (QED) is 0.833. The molecule has 0 aliphatic carbocycles. The summed E-state index contributed by atoms with van der Waals surface area (Å²) in [6.07, 6.45) is 0. The minimum Gasteiger partial charge on any atom is -0.330 e. The zero-order valence-corrected chi connectivity index (χ0v) is 10.3. The van der Waals surface area contributed by atoms with Gasteiger partial charge in [0.25, 0.3) is 0 Å². The topological polar surface area (TPSA) is 38.9 Å². The summed E-state index contributed by atoms with van der Waals surface area (Å²) in [5.74, 6) is 1.52. The maximum Gasteiger partial charge on any atom is 0.0974 e. The molecule has 1 rings (SSSR count). The van der Waals surface area contributed by atoms with Crippen LogP contribution in [0, 0.1) is 5.92 Å². The van der Waals surface area contributed by atoms with Gasteiger partial charge in [-0.15, -0.1) is 11.3 Å². The van der Waals surface area contributed by atoms with E-state index in [0.717, 1.165) is 0 Å². The molecule has 1 atom stereocenters. The fourth-order valence-electron chi connectivity index (χ4n) is 1.39. The summed E-state index contributed by atoms with van der Waals surface area (Å²) in [5, 5.41) is 3.36. The number of nitrogens with zero attached hydrogens (tertiary/aromatic N) is 1. The number of thiazole rings is 1. The summed E-state index contributed by atoms with van der Waals surface area (Å²) in [6.45, 7) is 9.45. The maximum absolute atomic E-state index is 5.76. The van der Waals surface area contributed by atoms with Crippen molar-refractivity contribution in [1.82, 2.24) is 4.98 Å². The van der Waals surface area contributed by atoms with Crippen molar-refractivity contribution in [3.63, 3.8) is 0 Å². The Bertz CT molecular complexity index is 279. The third kappa shape index (κ3) is 2.55. The van der Waals surface area contributed by atoms with Gasteiger partial charge in [0.1, 0.15) is 0 Å². The van der Waals surface area contributed by atoms with Gasteiger partial charge < -0.3 is 5.73 Å². The van der Waals surface area contributed by atoms with Crippen LogP contribution < -0.4 is 5.73 Å². The second-order valence-electron chi connectivity index (χ2n) is 4.35. The van der Waals surface area contributed by atoms with E-state index >= 15 is 0 Å². The molecule has 0 amide bonds. The molecule has 2 nitrogen and oxygen atoms in total. The minimum atomic E-state index is 0.424. The monoisotopic (exact) mass is 212 g/mol. The molecule has 0 saturated heterocycles. The van der Waals surface area contributed by atoms with E-state index in [9.17, 15) is 0 Å². The van der Waals surface area contributed by atoms with Crippen LogP contribution in [0.3, 0.4) is 0 Å². The average molecular weight is 212 g/mol. The molecule has 0 saturated carbocycles. The number of rotatable bonds is 4. The summed E-state index contributed by atoms with van der Waals surface area (Å²) in [7, 11) is 0. The van der Waals surface area contributed by atoms with Gasteiger partial charge in [0, 0.05) is 17.8 Å². The fraction of sp³-hybridized carbons (Fsp3) is 0.727. The Labute approximate surface area is 90.6 Å². The van der Waals surface area contributed by atoms with Gasteiger partial charge in [0.05, 0.1) is 10.7 Å². The van der Waals surface area contributed by atoms with Crippen molar-refractivity contribution in [2.75, 3.05) is 6.54 Å². The van der Waals surface area contributed by atoms with Crippen molar-refractivity contribution < 1.29 is 0 Å². The lowest BCUT2D eigenvalue weighted by Crippen LogP contribution is -2.17. The summed E-state index contributed by atoms with van der Waals surface area (Å²) in [6, 6.07) is 0. The van der Waals surface area contributed by atoms with E-state index in [2.05, 4.69) is 38.1 Å². The third-order valence-corrected chi connectivity index (χ3v) is 3.50. The van der Waals surface area contributed by atoms with Gasteiger partial charge in [0.2, 0.25) is 0 Å². The van der Waals surface area contributed by atoms with Crippen LogP contribution in [0.5, 0.6) is 0 Å². The van der Waals surface area contributed by atoms with Crippen molar-refractivity contribution >= 4 is 11.3 Å². The molecule has 1 aromatic rings. The van der Waals surface area contributed by atoms with Gasteiger partial charge >= 0.3 is 0 Å². The molecule has 2 N–H and O–H groups in total. The highest BCUT2D eigenvalue weighted by Gasteiger charge is 2.18. The predicted octanol–water partition coefficient (Wildman–Crippen LogP) is 2.96. The molecular weight excluding hydrogens is 192 g/mol. The van der Waals surface area contributed by atoms with E-state index in [1.165, 1.54) is 10.7 Å². The molecule has 80 valence electrons. The summed E-state index contributed by atoms with van der Waals surface area (Å²) in [5.41, 5.74) is 6.96. The number of nitrogens with two attached hydrogens (primary N) is 1. The molecular formula is C11H20N2S.